The summed E-state index contributed by atoms with van der Waals surface area (Å²) >= 11 is 6.07. The number of rotatable bonds is 9. The Bertz CT molecular complexity index is 1680. The molecular weight excluding hydrogens is 758 g/mol. The van der Waals surface area contributed by atoms with Gasteiger partial charge in [-0.1, -0.05) is 59.7 Å². The van der Waals surface area contributed by atoms with E-state index in [9.17, 15) is 4.79 Å². The first kappa shape index (κ1) is 29.2. The molecule has 0 bridgehead atoms. The quantitative estimate of drug-likeness (QED) is 0.0892. The molecule has 1 heterocycles. The van der Waals surface area contributed by atoms with Gasteiger partial charge in [-0.15, -0.1) is 11.3 Å². The molecule has 0 saturated carbocycles. The van der Waals surface area contributed by atoms with E-state index in [4.69, 9.17) is 4.74 Å². The van der Waals surface area contributed by atoms with E-state index >= 15 is 0 Å². The number of hydrogen-bond donors (Lipinski definition) is 2. The number of halogens is 2. The predicted octanol–water partition coefficient (Wildman–Crippen LogP) is 8.72. The van der Waals surface area contributed by atoms with Crippen molar-refractivity contribution in [2.24, 2.45) is 5.10 Å². The molecule has 41 heavy (non-hydrogen) atoms. The molecule has 0 aliphatic carbocycles. The monoisotopic (exact) mass is 784 g/mol. The van der Waals surface area contributed by atoms with Crippen LogP contribution in [0.1, 0.15) is 32.6 Å². The van der Waals surface area contributed by atoms with Crippen LogP contribution in [0.25, 0.3) is 11.3 Å². The van der Waals surface area contributed by atoms with Crippen LogP contribution in [-0.2, 0) is 6.61 Å². The minimum atomic E-state index is -0.282. The van der Waals surface area contributed by atoms with Crippen LogP contribution < -0.4 is 15.5 Å². The number of ether oxygens (including phenoxy) is 1. The summed E-state index contributed by atoms with van der Waals surface area (Å²) in [5.41, 5.74) is 10.3. The van der Waals surface area contributed by atoms with Crippen LogP contribution in [-0.4, -0.2) is 17.1 Å². The van der Waals surface area contributed by atoms with E-state index in [0.717, 1.165) is 46.1 Å². The van der Waals surface area contributed by atoms with Gasteiger partial charge in [0, 0.05) is 22.2 Å². The molecule has 2 N–H and O–H groups in total. The van der Waals surface area contributed by atoms with Gasteiger partial charge in [0.05, 0.1) is 19.0 Å². The Hall–Kier alpha value is -3.29. The number of carbonyl (C=O) groups excluding carboxylic acids is 1. The van der Waals surface area contributed by atoms with Crippen molar-refractivity contribution in [1.29, 1.82) is 0 Å². The van der Waals surface area contributed by atoms with Crippen LogP contribution in [0.4, 0.5) is 10.8 Å². The standard InChI is InChI=1S/C32H26I2N4O2S/c1-20-6-12-26(13-7-20)36-32-37-29(19-41-32)24-8-10-25(11-9-24)31(39)38-35-17-23-15-27(33)30(28(34)16-23)40-18-22-5-3-4-21(2)14-22/h3-17,19H,18H2,1-2H3,(H,36,37)(H,38,39)/b35-17-. The fourth-order valence-electron chi connectivity index (χ4n) is 4.00. The van der Waals surface area contributed by atoms with Gasteiger partial charge < -0.3 is 10.1 Å². The van der Waals surface area contributed by atoms with Gasteiger partial charge in [0.15, 0.2) is 5.13 Å². The Kier molecular flexibility index (Phi) is 9.68. The van der Waals surface area contributed by atoms with Crippen molar-refractivity contribution in [3.8, 4) is 17.0 Å². The van der Waals surface area contributed by atoms with Gasteiger partial charge in [-0.05, 0) is 107 Å². The number of benzene rings is 4. The van der Waals surface area contributed by atoms with Crippen molar-refractivity contribution in [3.63, 3.8) is 0 Å². The van der Waals surface area contributed by atoms with Crippen LogP contribution in [0, 0.1) is 21.0 Å². The van der Waals surface area contributed by atoms with Crippen LogP contribution >= 0.6 is 56.5 Å². The first-order valence-electron chi connectivity index (χ1n) is 12.7. The van der Waals surface area contributed by atoms with E-state index < -0.39 is 0 Å². The molecule has 0 radical (unpaired) electrons. The molecule has 206 valence electrons. The first-order chi connectivity index (χ1) is 19.8. The Morgan fingerprint density at radius 1 is 0.951 bits per heavy atom. The number of hydrazone groups is 1. The summed E-state index contributed by atoms with van der Waals surface area (Å²) in [5.74, 6) is 0.558. The molecule has 0 spiro atoms. The summed E-state index contributed by atoms with van der Waals surface area (Å²) in [6, 6.07) is 27.8. The van der Waals surface area contributed by atoms with E-state index in [1.54, 1.807) is 18.3 Å². The van der Waals surface area contributed by atoms with E-state index in [0.29, 0.717) is 12.2 Å². The lowest BCUT2D eigenvalue weighted by Gasteiger charge is -2.12. The molecule has 5 aromatic rings. The van der Waals surface area contributed by atoms with Gasteiger partial charge in [0.1, 0.15) is 12.4 Å². The maximum Gasteiger partial charge on any atom is 0.271 e. The minimum Gasteiger partial charge on any atom is -0.487 e. The average Bonchev–Trinajstić information content (AvgIpc) is 3.42. The van der Waals surface area contributed by atoms with Gasteiger partial charge in [0.2, 0.25) is 0 Å². The Balaban J connectivity index is 1.16. The second kappa shape index (κ2) is 13.6. The zero-order valence-corrected chi connectivity index (χ0v) is 27.5. The second-order valence-electron chi connectivity index (χ2n) is 9.40. The number of nitrogens with one attached hydrogen (secondary N) is 2. The number of thiazole rings is 1. The molecular formula is C32H26I2N4O2S. The summed E-state index contributed by atoms with van der Waals surface area (Å²) in [4.78, 5) is 17.4. The second-order valence-corrected chi connectivity index (χ2v) is 12.6. The smallest absolute Gasteiger partial charge is 0.271 e. The summed E-state index contributed by atoms with van der Waals surface area (Å²) in [6.07, 6.45) is 1.64. The van der Waals surface area contributed by atoms with Crippen molar-refractivity contribution >= 4 is 79.5 Å². The molecule has 0 saturated heterocycles. The number of hydrogen-bond acceptors (Lipinski definition) is 6. The maximum atomic E-state index is 12.7. The van der Waals surface area contributed by atoms with Crippen LogP contribution in [0.15, 0.2) is 95.4 Å². The zero-order valence-electron chi connectivity index (χ0n) is 22.3. The van der Waals surface area contributed by atoms with Gasteiger partial charge in [0.25, 0.3) is 5.91 Å². The molecule has 9 heteroatoms. The molecule has 0 atom stereocenters. The predicted molar refractivity (Wildman–Crippen MR) is 184 cm³/mol. The molecule has 0 unspecified atom stereocenters. The van der Waals surface area contributed by atoms with Crippen molar-refractivity contribution in [3.05, 3.63) is 125 Å². The van der Waals surface area contributed by atoms with Crippen molar-refractivity contribution in [2.75, 3.05) is 5.32 Å². The molecule has 0 fully saturated rings. The van der Waals surface area contributed by atoms with Crippen LogP contribution in [0.3, 0.4) is 0 Å². The molecule has 5 rings (SSSR count). The van der Waals surface area contributed by atoms with Crippen molar-refractivity contribution in [1.82, 2.24) is 10.4 Å². The maximum absolute atomic E-state index is 12.7. The minimum absolute atomic E-state index is 0.282. The topological polar surface area (TPSA) is 75.6 Å². The highest BCUT2D eigenvalue weighted by molar-refractivity contribution is 14.1. The Morgan fingerprint density at radius 2 is 1.68 bits per heavy atom. The van der Waals surface area contributed by atoms with Crippen LogP contribution in [0.5, 0.6) is 5.75 Å². The highest BCUT2D eigenvalue weighted by Crippen LogP contribution is 2.30. The number of aryl methyl sites for hydroxylation is 2. The third kappa shape index (κ3) is 7.92. The highest BCUT2D eigenvalue weighted by Gasteiger charge is 2.11. The molecule has 0 aliphatic heterocycles. The Labute approximate surface area is 270 Å². The lowest BCUT2D eigenvalue weighted by molar-refractivity contribution is 0.0955. The number of amides is 1. The van der Waals surface area contributed by atoms with Crippen molar-refractivity contribution < 1.29 is 9.53 Å². The third-order valence-corrected chi connectivity index (χ3v) is 8.48. The van der Waals surface area contributed by atoms with Gasteiger partial charge in [-0.3, -0.25) is 4.79 Å². The SMILES string of the molecule is Cc1ccc(Nc2nc(-c3ccc(C(=O)N/N=C\c4cc(I)c(OCc5cccc(C)c5)c(I)c4)cc3)cs2)cc1. The van der Waals surface area contributed by atoms with Crippen LogP contribution in [0.2, 0.25) is 0 Å². The fraction of sp³-hybridized carbons (Fsp3) is 0.0938. The molecule has 0 aliphatic rings. The zero-order chi connectivity index (χ0) is 28.8. The first-order valence-corrected chi connectivity index (χ1v) is 15.8. The van der Waals surface area contributed by atoms with E-state index in [1.807, 2.05) is 47.8 Å². The summed E-state index contributed by atoms with van der Waals surface area (Å²) < 4.78 is 8.05. The molecule has 1 amide bonds. The molecule has 1 aromatic heterocycles. The molecule has 6 nitrogen and oxygen atoms in total. The lowest BCUT2D eigenvalue weighted by Crippen LogP contribution is -2.17. The third-order valence-electron chi connectivity index (χ3n) is 6.12. The van der Waals surface area contributed by atoms with E-state index in [1.165, 1.54) is 22.5 Å². The number of nitrogens with zero attached hydrogens (tertiary/aromatic N) is 2. The molecule has 4 aromatic carbocycles. The van der Waals surface area contributed by atoms with E-state index in [-0.39, 0.29) is 5.91 Å². The van der Waals surface area contributed by atoms with E-state index in [2.05, 4.69) is 110 Å². The fourth-order valence-corrected chi connectivity index (χ4v) is 6.86. The number of anilines is 2. The normalized spacial score (nSPS) is 11.0. The Morgan fingerprint density at radius 3 is 2.39 bits per heavy atom. The summed E-state index contributed by atoms with van der Waals surface area (Å²) in [7, 11) is 0. The number of carbonyl (C=O) groups is 1. The highest BCUT2D eigenvalue weighted by atomic mass is 127. The summed E-state index contributed by atoms with van der Waals surface area (Å²) in [5, 5.41) is 10.3. The van der Waals surface area contributed by atoms with Crippen molar-refractivity contribution in [2.45, 2.75) is 20.5 Å². The largest absolute Gasteiger partial charge is 0.487 e. The van der Waals surface area contributed by atoms with Gasteiger partial charge >= 0.3 is 0 Å². The van der Waals surface area contributed by atoms with Gasteiger partial charge in [-0.2, -0.15) is 5.10 Å². The number of aromatic nitrogens is 1. The average molecular weight is 784 g/mol. The lowest BCUT2D eigenvalue weighted by atomic mass is 10.1. The van der Waals surface area contributed by atoms with Gasteiger partial charge in [-0.25, -0.2) is 10.4 Å². The summed E-state index contributed by atoms with van der Waals surface area (Å²) in [6.45, 7) is 4.64.